The SMILES string of the molecule is CCc1cc(N)ccc1OCC(=O)O. The zero-order valence-corrected chi connectivity index (χ0v) is 7.99. The summed E-state index contributed by atoms with van der Waals surface area (Å²) in [6.07, 6.45) is 0.764. The van der Waals surface area contributed by atoms with Crippen LogP contribution >= 0.6 is 0 Å². The quantitative estimate of drug-likeness (QED) is 0.710. The largest absolute Gasteiger partial charge is 0.482 e. The second kappa shape index (κ2) is 4.50. The molecule has 0 radical (unpaired) electrons. The van der Waals surface area contributed by atoms with Crippen LogP contribution < -0.4 is 10.5 Å². The number of carboxylic acid groups (broad SMARTS) is 1. The van der Waals surface area contributed by atoms with Crippen molar-refractivity contribution in [1.29, 1.82) is 0 Å². The van der Waals surface area contributed by atoms with E-state index in [-0.39, 0.29) is 6.61 Å². The van der Waals surface area contributed by atoms with E-state index in [1.54, 1.807) is 18.2 Å². The van der Waals surface area contributed by atoms with Gasteiger partial charge in [0.25, 0.3) is 0 Å². The zero-order valence-electron chi connectivity index (χ0n) is 7.99. The van der Waals surface area contributed by atoms with Crippen molar-refractivity contribution in [3.63, 3.8) is 0 Å². The van der Waals surface area contributed by atoms with Gasteiger partial charge in [-0.25, -0.2) is 4.79 Å². The maximum atomic E-state index is 10.3. The highest BCUT2D eigenvalue weighted by molar-refractivity contribution is 5.68. The molecule has 0 aliphatic rings. The van der Waals surface area contributed by atoms with Crippen molar-refractivity contribution in [3.05, 3.63) is 23.8 Å². The predicted molar refractivity (Wildman–Crippen MR) is 53.4 cm³/mol. The van der Waals surface area contributed by atoms with Crippen molar-refractivity contribution in [2.75, 3.05) is 12.3 Å². The molecule has 76 valence electrons. The molecule has 0 fully saturated rings. The molecule has 1 aromatic rings. The number of hydrogen-bond donors (Lipinski definition) is 2. The van der Waals surface area contributed by atoms with E-state index < -0.39 is 5.97 Å². The number of rotatable bonds is 4. The third-order valence-corrected chi connectivity index (χ3v) is 1.82. The van der Waals surface area contributed by atoms with Crippen LogP contribution in [0.15, 0.2) is 18.2 Å². The summed E-state index contributed by atoms with van der Waals surface area (Å²) in [5.74, 6) is -0.395. The van der Waals surface area contributed by atoms with E-state index in [2.05, 4.69) is 0 Å². The fraction of sp³-hybridized carbons (Fsp3) is 0.300. The van der Waals surface area contributed by atoms with Gasteiger partial charge in [-0.1, -0.05) is 6.92 Å². The molecule has 3 N–H and O–H groups in total. The van der Waals surface area contributed by atoms with Gasteiger partial charge in [-0.3, -0.25) is 0 Å². The first-order valence-electron chi connectivity index (χ1n) is 4.36. The number of aryl methyl sites for hydroxylation is 1. The van der Waals surface area contributed by atoms with Crippen LogP contribution in [0.2, 0.25) is 0 Å². The summed E-state index contributed by atoms with van der Waals surface area (Å²) in [5.41, 5.74) is 7.17. The monoisotopic (exact) mass is 195 g/mol. The molecule has 1 aromatic carbocycles. The molecule has 1 rings (SSSR count). The van der Waals surface area contributed by atoms with E-state index in [9.17, 15) is 4.79 Å². The summed E-state index contributed by atoms with van der Waals surface area (Å²) in [7, 11) is 0. The number of hydrogen-bond acceptors (Lipinski definition) is 3. The molecular weight excluding hydrogens is 182 g/mol. The van der Waals surface area contributed by atoms with Crippen LogP contribution in [0.3, 0.4) is 0 Å². The molecule has 4 nitrogen and oxygen atoms in total. The van der Waals surface area contributed by atoms with Gasteiger partial charge < -0.3 is 15.6 Å². The maximum Gasteiger partial charge on any atom is 0.341 e. The Bertz CT molecular complexity index is 336. The third kappa shape index (κ3) is 2.65. The lowest BCUT2D eigenvalue weighted by Crippen LogP contribution is -2.10. The second-order valence-electron chi connectivity index (χ2n) is 2.90. The van der Waals surface area contributed by atoms with Gasteiger partial charge in [0, 0.05) is 5.69 Å². The summed E-state index contributed by atoms with van der Waals surface area (Å²) < 4.78 is 5.09. The normalized spacial score (nSPS) is 9.79. The molecule has 0 spiro atoms. The number of carboxylic acids is 1. The number of aliphatic carboxylic acids is 1. The van der Waals surface area contributed by atoms with Crippen LogP contribution in [0, 0.1) is 0 Å². The lowest BCUT2D eigenvalue weighted by atomic mass is 10.1. The van der Waals surface area contributed by atoms with Crippen LogP contribution in [-0.2, 0) is 11.2 Å². The van der Waals surface area contributed by atoms with E-state index >= 15 is 0 Å². The minimum atomic E-state index is -0.983. The Morgan fingerprint density at radius 2 is 2.29 bits per heavy atom. The van der Waals surface area contributed by atoms with Gasteiger partial charge in [0.15, 0.2) is 6.61 Å². The Kier molecular flexibility index (Phi) is 3.34. The fourth-order valence-corrected chi connectivity index (χ4v) is 1.16. The number of benzene rings is 1. The van der Waals surface area contributed by atoms with Gasteiger partial charge in [0.05, 0.1) is 0 Å². The van der Waals surface area contributed by atoms with Crippen molar-refractivity contribution in [2.45, 2.75) is 13.3 Å². The lowest BCUT2D eigenvalue weighted by molar-refractivity contribution is -0.139. The van der Waals surface area contributed by atoms with Gasteiger partial charge in [0.2, 0.25) is 0 Å². The molecule has 4 heteroatoms. The van der Waals surface area contributed by atoms with Crippen LogP contribution in [0.5, 0.6) is 5.75 Å². The molecule has 14 heavy (non-hydrogen) atoms. The van der Waals surface area contributed by atoms with Gasteiger partial charge in [-0.05, 0) is 30.2 Å². The van der Waals surface area contributed by atoms with Crippen molar-refractivity contribution in [3.8, 4) is 5.75 Å². The molecule has 0 amide bonds. The highest BCUT2D eigenvalue weighted by Gasteiger charge is 2.04. The highest BCUT2D eigenvalue weighted by Crippen LogP contribution is 2.21. The Balaban J connectivity index is 2.80. The van der Waals surface area contributed by atoms with Crippen LogP contribution in [-0.4, -0.2) is 17.7 Å². The molecule has 0 aliphatic heterocycles. The Hall–Kier alpha value is -1.71. The van der Waals surface area contributed by atoms with Crippen LogP contribution in [0.1, 0.15) is 12.5 Å². The topological polar surface area (TPSA) is 72.5 Å². The Labute approximate surface area is 82.3 Å². The van der Waals surface area contributed by atoms with Crippen molar-refractivity contribution in [1.82, 2.24) is 0 Å². The molecular formula is C10H13NO3. The molecule has 0 saturated heterocycles. The van der Waals surface area contributed by atoms with Crippen LogP contribution in [0.4, 0.5) is 5.69 Å². The predicted octanol–water partition coefficient (Wildman–Crippen LogP) is 1.29. The molecule has 0 heterocycles. The van der Waals surface area contributed by atoms with E-state index in [4.69, 9.17) is 15.6 Å². The minimum absolute atomic E-state index is 0.323. The fourth-order valence-electron chi connectivity index (χ4n) is 1.16. The van der Waals surface area contributed by atoms with Crippen molar-refractivity contribution < 1.29 is 14.6 Å². The van der Waals surface area contributed by atoms with E-state index in [1.807, 2.05) is 6.92 Å². The number of nitrogens with two attached hydrogens (primary N) is 1. The first-order valence-corrected chi connectivity index (χ1v) is 4.36. The molecule has 0 aliphatic carbocycles. The molecule has 0 saturated carbocycles. The number of carbonyl (C=O) groups is 1. The standard InChI is InChI=1S/C10H13NO3/c1-2-7-5-8(11)3-4-9(7)14-6-10(12)13/h3-5H,2,6,11H2,1H3,(H,12,13). The Morgan fingerprint density at radius 3 is 2.86 bits per heavy atom. The first-order chi connectivity index (χ1) is 6.63. The smallest absolute Gasteiger partial charge is 0.341 e. The van der Waals surface area contributed by atoms with Gasteiger partial charge in [-0.15, -0.1) is 0 Å². The summed E-state index contributed by atoms with van der Waals surface area (Å²) >= 11 is 0. The zero-order chi connectivity index (χ0) is 10.6. The van der Waals surface area contributed by atoms with E-state index in [0.29, 0.717) is 11.4 Å². The Morgan fingerprint density at radius 1 is 1.57 bits per heavy atom. The van der Waals surface area contributed by atoms with E-state index in [0.717, 1.165) is 12.0 Å². The van der Waals surface area contributed by atoms with E-state index in [1.165, 1.54) is 0 Å². The van der Waals surface area contributed by atoms with Crippen LogP contribution in [0.25, 0.3) is 0 Å². The summed E-state index contributed by atoms with van der Waals surface area (Å²) in [5, 5.41) is 8.44. The second-order valence-corrected chi connectivity index (χ2v) is 2.90. The van der Waals surface area contributed by atoms with Gasteiger partial charge in [-0.2, -0.15) is 0 Å². The highest BCUT2D eigenvalue weighted by atomic mass is 16.5. The van der Waals surface area contributed by atoms with Crippen molar-refractivity contribution in [2.24, 2.45) is 0 Å². The number of anilines is 1. The molecule has 0 unspecified atom stereocenters. The maximum absolute atomic E-state index is 10.3. The summed E-state index contributed by atoms with van der Waals surface area (Å²) in [6, 6.07) is 5.17. The summed E-state index contributed by atoms with van der Waals surface area (Å²) in [4.78, 5) is 10.3. The average molecular weight is 195 g/mol. The molecule has 0 atom stereocenters. The average Bonchev–Trinajstić information content (AvgIpc) is 2.15. The van der Waals surface area contributed by atoms with Crippen molar-refractivity contribution >= 4 is 11.7 Å². The molecule has 0 aromatic heterocycles. The molecule has 0 bridgehead atoms. The number of ether oxygens (including phenoxy) is 1. The summed E-state index contributed by atoms with van der Waals surface area (Å²) in [6.45, 7) is 1.64. The van der Waals surface area contributed by atoms with Gasteiger partial charge in [0.1, 0.15) is 5.75 Å². The third-order valence-electron chi connectivity index (χ3n) is 1.82. The van der Waals surface area contributed by atoms with Gasteiger partial charge >= 0.3 is 5.97 Å². The minimum Gasteiger partial charge on any atom is -0.482 e. The lowest BCUT2D eigenvalue weighted by Gasteiger charge is -2.08. The first kappa shape index (κ1) is 10.4. The number of nitrogen functional groups attached to an aromatic ring is 1.